The lowest BCUT2D eigenvalue weighted by Crippen LogP contribution is -2.27. The summed E-state index contributed by atoms with van der Waals surface area (Å²) in [5.41, 5.74) is 0.570. The number of nitrogens with one attached hydrogen (secondary N) is 1. The van der Waals surface area contributed by atoms with E-state index in [4.69, 9.17) is 5.11 Å². The molecule has 15 heavy (non-hydrogen) atoms. The van der Waals surface area contributed by atoms with E-state index >= 15 is 0 Å². The van der Waals surface area contributed by atoms with Gasteiger partial charge in [-0.25, -0.2) is 0 Å². The van der Waals surface area contributed by atoms with Crippen molar-refractivity contribution in [3.8, 4) is 0 Å². The minimum absolute atomic E-state index is 0.202. The van der Waals surface area contributed by atoms with Crippen LogP contribution in [0.1, 0.15) is 46.0 Å². The number of amides is 1. The molecule has 1 atom stereocenters. The van der Waals surface area contributed by atoms with Gasteiger partial charge in [0.25, 0.3) is 0 Å². The number of carbonyl (C=O) groups is 1. The molecule has 0 radical (unpaired) electrons. The van der Waals surface area contributed by atoms with E-state index in [0.29, 0.717) is 5.57 Å². The Morgan fingerprint density at radius 2 is 2.07 bits per heavy atom. The number of hydrogen-bond acceptors (Lipinski definition) is 2. The molecule has 0 heterocycles. The molecule has 0 aliphatic rings. The van der Waals surface area contributed by atoms with Crippen molar-refractivity contribution in [1.29, 1.82) is 0 Å². The molecular formula is C12H23NO2. The average molecular weight is 213 g/mol. The van der Waals surface area contributed by atoms with Crippen molar-refractivity contribution in [3.63, 3.8) is 0 Å². The largest absolute Gasteiger partial charge is 0.376 e. The highest BCUT2D eigenvalue weighted by molar-refractivity contribution is 5.93. The van der Waals surface area contributed by atoms with Crippen LogP contribution >= 0.6 is 0 Å². The van der Waals surface area contributed by atoms with E-state index in [1.165, 1.54) is 19.3 Å². The van der Waals surface area contributed by atoms with Crippen molar-refractivity contribution in [2.24, 2.45) is 5.92 Å². The first-order chi connectivity index (χ1) is 7.13. The Bertz CT molecular complexity index is 202. The van der Waals surface area contributed by atoms with Crippen LogP contribution in [0.2, 0.25) is 0 Å². The maximum atomic E-state index is 11.3. The lowest BCUT2D eigenvalue weighted by atomic mass is 9.95. The predicted octanol–water partition coefficient (Wildman–Crippen LogP) is 2.22. The summed E-state index contributed by atoms with van der Waals surface area (Å²) in [5.74, 6) is -0.0334. The summed E-state index contributed by atoms with van der Waals surface area (Å²) in [5, 5.41) is 10.9. The summed E-state index contributed by atoms with van der Waals surface area (Å²) in [6.45, 7) is 7.61. The Morgan fingerprint density at radius 1 is 1.40 bits per heavy atom. The van der Waals surface area contributed by atoms with Crippen molar-refractivity contribution < 1.29 is 9.90 Å². The number of hydrogen-bond donors (Lipinski definition) is 2. The Kier molecular flexibility index (Phi) is 8.01. The number of rotatable bonds is 8. The van der Waals surface area contributed by atoms with E-state index < -0.39 is 0 Å². The monoisotopic (exact) mass is 213 g/mol. The maximum absolute atomic E-state index is 11.3. The van der Waals surface area contributed by atoms with Gasteiger partial charge in [0.15, 0.2) is 0 Å². The molecule has 0 rings (SSSR count). The van der Waals surface area contributed by atoms with Crippen molar-refractivity contribution in [1.82, 2.24) is 5.32 Å². The van der Waals surface area contributed by atoms with Gasteiger partial charge in [-0.1, -0.05) is 46.1 Å². The summed E-state index contributed by atoms with van der Waals surface area (Å²) < 4.78 is 0. The quantitative estimate of drug-likeness (QED) is 0.369. The zero-order chi connectivity index (χ0) is 11.7. The zero-order valence-corrected chi connectivity index (χ0v) is 9.88. The highest BCUT2D eigenvalue weighted by Gasteiger charge is 2.13. The molecule has 1 unspecified atom stereocenters. The second kappa shape index (κ2) is 8.48. The van der Waals surface area contributed by atoms with Gasteiger partial charge in [-0.15, -0.1) is 0 Å². The first kappa shape index (κ1) is 14.2. The van der Waals surface area contributed by atoms with E-state index in [0.717, 1.165) is 12.8 Å². The number of aliphatic hydroxyl groups excluding tert-OH is 1. The molecule has 0 aromatic carbocycles. The van der Waals surface area contributed by atoms with E-state index in [9.17, 15) is 4.79 Å². The van der Waals surface area contributed by atoms with Crippen LogP contribution < -0.4 is 5.32 Å². The number of carbonyl (C=O) groups excluding carboxylic acids is 1. The van der Waals surface area contributed by atoms with E-state index in [1.54, 1.807) is 0 Å². The predicted molar refractivity (Wildman–Crippen MR) is 62.3 cm³/mol. The molecule has 3 heteroatoms. The van der Waals surface area contributed by atoms with Gasteiger partial charge in [-0.05, 0) is 12.3 Å². The Hall–Kier alpha value is -0.830. The van der Waals surface area contributed by atoms with Crippen LogP contribution in [-0.2, 0) is 4.79 Å². The second-order valence-corrected chi connectivity index (χ2v) is 3.94. The molecule has 0 saturated heterocycles. The van der Waals surface area contributed by atoms with Gasteiger partial charge in [-0.2, -0.15) is 0 Å². The fraction of sp³-hybridized carbons (Fsp3) is 0.750. The van der Waals surface area contributed by atoms with Crippen LogP contribution in [0.5, 0.6) is 0 Å². The molecule has 88 valence electrons. The fourth-order valence-corrected chi connectivity index (χ4v) is 1.46. The summed E-state index contributed by atoms with van der Waals surface area (Å²) >= 11 is 0. The van der Waals surface area contributed by atoms with Crippen molar-refractivity contribution in [2.75, 3.05) is 6.73 Å². The topological polar surface area (TPSA) is 49.3 Å². The van der Waals surface area contributed by atoms with Gasteiger partial charge in [0, 0.05) is 5.57 Å². The second-order valence-electron chi connectivity index (χ2n) is 3.94. The van der Waals surface area contributed by atoms with Crippen LogP contribution in [0, 0.1) is 5.92 Å². The van der Waals surface area contributed by atoms with Gasteiger partial charge < -0.3 is 10.4 Å². The maximum Gasteiger partial charge on any atom is 0.248 e. The lowest BCUT2D eigenvalue weighted by Gasteiger charge is -2.13. The standard InChI is InChI=1S/C12H23NO2/c1-4-5-6-7-8-10(2)11(3)12(15)13-9-14/h10,14H,3-9H2,1-2H3,(H,13,15). The van der Waals surface area contributed by atoms with E-state index in [2.05, 4.69) is 18.8 Å². The molecule has 1 amide bonds. The first-order valence-corrected chi connectivity index (χ1v) is 5.71. The minimum Gasteiger partial charge on any atom is -0.376 e. The fourth-order valence-electron chi connectivity index (χ4n) is 1.46. The number of unbranched alkanes of at least 4 members (excludes halogenated alkanes) is 3. The number of aliphatic hydroxyl groups is 1. The zero-order valence-electron chi connectivity index (χ0n) is 9.88. The lowest BCUT2D eigenvalue weighted by molar-refractivity contribution is -0.119. The van der Waals surface area contributed by atoms with Crippen LogP contribution in [0.25, 0.3) is 0 Å². The van der Waals surface area contributed by atoms with E-state index in [-0.39, 0.29) is 18.6 Å². The smallest absolute Gasteiger partial charge is 0.248 e. The van der Waals surface area contributed by atoms with Crippen LogP contribution in [0.15, 0.2) is 12.2 Å². The molecule has 0 aromatic rings. The van der Waals surface area contributed by atoms with Crippen molar-refractivity contribution in [2.45, 2.75) is 46.0 Å². The summed E-state index contributed by atoms with van der Waals surface area (Å²) in [6.07, 6.45) is 5.83. The van der Waals surface area contributed by atoms with Crippen molar-refractivity contribution >= 4 is 5.91 Å². The molecule has 0 aliphatic heterocycles. The third-order valence-corrected chi connectivity index (χ3v) is 2.62. The summed E-state index contributed by atoms with van der Waals surface area (Å²) in [6, 6.07) is 0. The van der Waals surface area contributed by atoms with E-state index in [1.807, 2.05) is 6.92 Å². The third kappa shape index (κ3) is 6.28. The minimum atomic E-state index is -0.319. The van der Waals surface area contributed by atoms with Crippen LogP contribution in [0.3, 0.4) is 0 Å². The van der Waals surface area contributed by atoms with Crippen LogP contribution in [-0.4, -0.2) is 17.7 Å². The Labute approximate surface area is 92.6 Å². The van der Waals surface area contributed by atoms with Gasteiger partial charge >= 0.3 is 0 Å². The molecule has 0 aliphatic carbocycles. The van der Waals surface area contributed by atoms with Crippen LogP contribution in [0.4, 0.5) is 0 Å². The normalized spacial score (nSPS) is 12.2. The molecular weight excluding hydrogens is 190 g/mol. The van der Waals surface area contributed by atoms with Gasteiger partial charge in [0.05, 0.1) is 0 Å². The van der Waals surface area contributed by atoms with Gasteiger partial charge in [0.2, 0.25) is 5.91 Å². The summed E-state index contributed by atoms with van der Waals surface area (Å²) in [4.78, 5) is 11.3. The highest BCUT2D eigenvalue weighted by atomic mass is 16.3. The van der Waals surface area contributed by atoms with Crippen molar-refractivity contribution in [3.05, 3.63) is 12.2 Å². The van der Waals surface area contributed by atoms with Gasteiger partial charge in [0.1, 0.15) is 6.73 Å². The molecule has 0 aromatic heterocycles. The summed E-state index contributed by atoms with van der Waals surface area (Å²) in [7, 11) is 0. The average Bonchev–Trinajstić information content (AvgIpc) is 2.23. The first-order valence-electron chi connectivity index (χ1n) is 5.71. The Balaban J connectivity index is 3.73. The molecule has 0 saturated carbocycles. The van der Waals surface area contributed by atoms with Gasteiger partial charge in [-0.3, -0.25) is 4.79 Å². The molecule has 0 fully saturated rings. The SMILES string of the molecule is C=C(C(=O)NCO)C(C)CCCCCC. The third-order valence-electron chi connectivity index (χ3n) is 2.62. The highest BCUT2D eigenvalue weighted by Crippen LogP contribution is 2.17. The molecule has 2 N–H and O–H groups in total. The molecule has 0 spiro atoms. The molecule has 0 bridgehead atoms. The Morgan fingerprint density at radius 3 is 2.60 bits per heavy atom. The molecule has 3 nitrogen and oxygen atoms in total.